The first-order valence-electron chi connectivity index (χ1n) is 39.7. The molecule has 18 aromatic rings. The second kappa shape index (κ2) is 39.6. The van der Waals surface area contributed by atoms with Gasteiger partial charge in [-0.1, -0.05) is 266 Å². The van der Waals surface area contributed by atoms with Crippen LogP contribution < -0.4 is 23.2 Å². The number of thioether (sulfide) groups is 1. The van der Waals surface area contributed by atoms with Gasteiger partial charge in [-0.3, -0.25) is 9.59 Å². The maximum absolute atomic E-state index is 12.5. The number of aryl methyl sites for hydroxylation is 5. The van der Waals surface area contributed by atoms with E-state index < -0.39 is 5.97 Å². The molecule has 5 aromatic heterocycles. The van der Waals surface area contributed by atoms with Gasteiger partial charge in [0, 0.05) is 109 Å². The lowest BCUT2D eigenvalue weighted by Crippen LogP contribution is -2.40. The minimum Gasteiger partial charge on any atom is -0.480 e. The Labute approximate surface area is 710 Å². The summed E-state index contributed by atoms with van der Waals surface area (Å²) in [7, 11) is 4.20. The van der Waals surface area contributed by atoms with E-state index in [0.717, 1.165) is 104 Å². The minimum absolute atomic E-state index is 0.0715. The predicted octanol–water partition coefficient (Wildman–Crippen LogP) is 21.8. The van der Waals surface area contributed by atoms with E-state index in [4.69, 9.17) is 14.2 Å². The maximum atomic E-state index is 12.5. The number of hydrogen-bond acceptors (Lipinski definition) is 12. The summed E-state index contributed by atoms with van der Waals surface area (Å²) < 4.78 is 28.4. The molecule has 596 valence electrons. The maximum Gasteiger partial charge on any atom is 0.373 e. The van der Waals surface area contributed by atoms with Crippen LogP contribution in [0.5, 0.6) is 0 Å². The van der Waals surface area contributed by atoms with Crippen molar-refractivity contribution in [1.29, 1.82) is 0 Å². The summed E-state index contributed by atoms with van der Waals surface area (Å²) in [6.45, 7) is 9.48. The van der Waals surface area contributed by atoms with Crippen molar-refractivity contribution in [2.24, 2.45) is 14.1 Å². The number of esters is 3. The number of hydrogen-bond donors (Lipinski definition) is 1. The molecule has 0 spiro atoms. The van der Waals surface area contributed by atoms with Crippen molar-refractivity contribution in [3.63, 3.8) is 0 Å². The standard InChI is InChI=1S/C24H18N2O2S.2C23H20NO2.C14H11N.C10H12O2.C9H10NS2/c1-25-21-12-6-7-13-22(21)29-23(25)14-18-16-8-2-4-10-19(16)26(15-24(27)28)20-11-5-3-9-17(18)20;2*1-17-19-11-5-7-13-21(19)24(22-14-8-6-12-20(17)22)15-23(25)26-16-18-9-3-2-4-10-18;1-10-11-6-2-4-8-13(11)15-14-9-5-3-7-12(10)14;1-2-10(11)12-8-9-6-4-3-5-7-9;1-10-7-5-3-4-6-8(7)12-9(10)11-2/h2-14H,15H2,1H3;2*2-14H,15-16H2,1H3;2-9H,1H3;3-7H,2,8H2,1H3;3-6H,1-2H3/q;2*+1;;;+1/p+1. The van der Waals surface area contributed by atoms with Crippen LogP contribution >= 0.6 is 34.4 Å². The molecule has 13 aromatic carbocycles. The first-order chi connectivity index (χ1) is 58.6. The van der Waals surface area contributed by atoms with Gasteiger partial charge >= 0.3 is 23.9 Å². The van der Waals surface area contributed by atoms with E-state index in [2.05, 4.69) is 207 Å². The van der Waals surface area contributed by atoms with Gasteiger partial charge in [0.25, 0.3) is 9.35 Å². The number of carboxylic acid groups (broad SMARTS) is 1. The summed E-state index contributed by atoms with van der Waals surface area (Å²) in [5.41, 5.74) is 20.7. The Morgan fingerprint density at radius 1 is 0.392 bits per heavy atom. The topological polar surface area (TPSA) is 148 Å². The summed E-state index contributed by atoms with van der Waals surface area (Å²) in [6.07, 6.45) is 4.78. The van der Waals surface area contributed by atoms with Crippen LogP contribution in [0.2, 0.25) is 0 Å². The summed E-state index contributed by atoms with van der Waals surface area (Å²) in [6, 6.07) is 111. The summed E-state index contributed by atoms with van der Waals surface area (Å²) >= 11 is 5.41. The van der Waals surface area contributed by atoms with E-state index in [9.17, 15) is 24.3 Å². The number of anilines is 2. The van der Waals surface area contributed by atoms with Gasteiger partial charge < -0.3 is 24.2 Å². The van der Waals surface area contributed by atoms with Crippen molar-refractivity contribution in [2.75, 3.05) is 17.7 Å². The third kappa shape index (κ3) is 19.5. The third-order valence-corrected chi connectivity index (χ3v) is 24.6. The second-order valence-corrected chi connectivity index (χ2v) is 31.8. The number of ether oxygens (including phenoxy) is 3. The van der Waals surface area contributed by atoms with Crippen molar-refractivity contribution in [3.8, 4) is 0 Å². The van der Waals surface area contributed by atoms with E-state index in [-0.39, 0.29) is 37.5 Å². The Balaban J connectivity index is 0.000000122. The first kappa shape index (κ1) is 82.9. The quantitative estimate of drug-likeness (QED) is 0.0344. The number of nitrogens with zero attached hydrogens (tertiary/aromatic N) is 6. The van der Waals surface area contributed by atoms with Gasteiger partial charge in [-0.05, 0) is 133 Å². The van der Waals surface area contributed by atoms with E-state index in [0.29, 0.717) is 26.2 Å². The van der Waals surface area contributed by atoms with Crippen molar-refractivity contribution in [1.82, 2.24) is 4.98 Å². The van der Waals surface area contributed by atoms with Crippen LogP contribution in [-0.4, -0.2) is 46.8 Å². The summed E-state index contributed by atoms with van der Waals surface area (Å²) in [5.74, 6) is -1.48. The molecule has 1 N–H and O–H groups in total. The lowest BCUT2D eigenvalue weighted by atomic mass is 9.90. The van der Waals surface area contributed by atoms with E-state index >= 15 is 0 Å². The van der Waals surface area contributed by atoms with Gasteiger partial charge in [0.15, 0.2) is 0 Å². The van der Waals surface area contributed by atoms with Crippen molar-refractivity contribution >= 4 is 167 Å². The van der Waals surface area contributed by atoms with Gasteiger partial charge in [0.05, 0.1) is 11.0 Å². The highest BCUT2D eigenvalue weighted by Gasteiger charge is 2.30. The molecular formula is C103H92N6O8S3+4. The number of carbonyl (C=O) groups excluding carboxylic acids is 3. The van der Waals surface area contributed by atoms with E-state index in [1.165, 1.54) is 52.2 Å². The third-order valence-electron chi connectivity index (χ3n) is 21.0. The van der Waals surface area contributed by atoms with E-state index in [1.807, 2.05) is 213 Å². The van der Waals surface area contributed by atoms with Crippen molar-refractivity contribution < 1.29 is 56.8 Å². The van der Waals surface area contributed by atoms with Crippen molar-refractivity contribution in [3.05, 3.63) is 383 Å². The van der Waals surface area contributed by atoms with Crippen LogP contribution in [0, 0.1) is 20.8 Å². The molecule has 0 radical (unpaired) electrons. The van der Waals surface area contributed by atoms with Gasteiger partial charge in [-0.15, -0.1) is 0 Å². The molecule has 17 heteroatoms. The van der Waals surface area contributed by atoms with Crippen LogP contribution in [0.15, 0.2) is 338 Å². The molecule has 6 heterocycles. The number of para-hydroxylation sites is 10. The molecule has 0 saturated heterocycles. The van der Waals surface area contributed by atoms with Crippen LogP contribution in [0.4, 0.5) is 11.4 Å². The molecule has 1 aliphatic rings. The monoisotopic (exact) mass is 1640 g/mol. The molecule has 120 heavy (non-hydrogen) atoms. The molecule has 1 aliphatic heterocycles. The lowest BCUT2D eigenvalue weighted by molar-refractivity contribution is -0.676. The molecule has 0 fully saturated rings. The highest BCUT2D eigenvalue weighted by molar-refractivity contribution is 8.00. The number of fused-ring (bicyclic) bond motifs is 10. The largest absolute Gasteiger partial charge is 0.480 e. The van der Waals surface area contributed by atoms with Gasteiger partial charge in [0.1, 0.15) is 49.9 Å². The second-order valence-electron chi connectivity index (χ2n) is 28.7. The number of aromatic nitrogens is 5. The zero-order valence-corrected chi connectivity index (χ0v) is 70.4. The van der Waals surface area contributed by atoms with Crippen LogP contribution in [0.1, 0.15) is 62.9 Å². The Kier molecular flexibility index (Phi) is 27.4. The number of pyridine rings is 3. The molecule has 14 nitrogen and oxygen atoms in total. The molecule has 0 bridgehead atoms. The first-order valence-corrected chi connectivity index (χ1v) is 42.6. The molecule has 0 saturated carbocycles. The lowest BCUT2D eigenvalue weighted by Gasteiger charge is -2.33. The molecule has 0 unspecified atom stereocenters. The average molecular weight is 1640 g/mol. The zero-order chi connectivity index (χ0) is 83.4. The number of rotatable bonds is 15. The van der Waals surface area contributed by atoms with E-state index in [1.54, 1.807) is 30.0 Å². The summed E-state index contributed by atoms with van der Waals surface area (Å²) in [5, 5.41) is 17.7. The number of carbonyl (C=O) groups is 4. The minimum atomic E-state index is -0.849. The molecule has 0 amide bonds. The van der Waals surface area contributed by atoms with Gasteiger partial charge in [-0.2, -0.15) is 18.3 Å². The summed E-state index contributed by atoms with van der Waals surface area (Å²) in [4.78, 5) is 53.9. The van der Waals surface area contributed by atoms with Crippen LogP contribution in [0.3, 0.4) is 0 Å². The SMILES string of the molecule is CCC(=O)OCc1ccccc1.CSc1sc2ccccc2[n+]1C.C[n+]1c(C=C2c3ccccc3N(CC(=O)O)c3ccccc32)sc2ccccc21.Cc1c2ccccc2[n+](CC(=O)OCc2ccccc2)c2ccccc12.Cc1c2ccccc2[n+](CC(=O)OCc2ccccc2)c2ccccc12.Cc1c2ccccc2nc2ccccc12. The predicted molar refractivity (Wildman–Crippen MR) is 488 cm³/mol. The van der Waals surface area contributed by atoms with Gasteiger partial charge in [0.2, 0.25) is 46.2 Å². The molecular weight excluding hydrogens is 1550 g/mol. The highest BCUT2D eigenvalue weighted by Crippen LogP contribution is 2.46. The average Bonchev–Trinajstić information content (AvgIpc) is 1.35. The Bertz CT molecular complexity index is 6360. The van der Waals surface area contributed by atoms with Crippen LogP contribution in [0.25, 0.3) is 97.5 Å². The van der Waals surface area contributed by atoms with Crippen molar-refractivity contribution in [2.45, 2.75) is 71.4 Å². The normalized spacial score (nSPS) is 11.2. The Morgan fingerprint density at radius 3 is 1.10 bits per heavy atom. The molecule has 0 atom stereocenters. The number of benzene rings is 13. The highest BCUT2D eigenvalue weighted by atomic mass is 32.2. The zero-order valence-electron chi connectivity index (χ0n) is 68.0. The van der Waals surface area contributed by atoms with Gasteiger partial charge in [-0.25, -0.2) is 14.6 Å². The fourth-order valence-corrected chi connectivity index (χ4v) is 17.9. The molecule has 19 rings (SSSR count). The Morgan fingerprint density at radius 2 is 0.717 bits per heavy atom. The number of carboxylic acids is 1. The fraction of sp³-hybridized carbons (Fsp3) is 0.136. The number of aliphatic carboxylic acids is 1. The fourth-order valence-electron chi connectivity index (χ4n) is 15.0. The van der Waals surface area contributed by atoms with Crippen LogP contribution in [-0.2, 0) is 80.4 Å². The number of thiazole rings is 2. The molecule has 0 aliphatic carbocycles. The smallest absolute Gasteiger partial charge is 0.373 e. The Hall–Kier alpha value is -13.6.